The van der Waals surface area contributed by atoms with Gasteiger partial charge in [0.25, 0.3) is 0 Å². The van der Waals surface area contributed by atoms with Crippen LogP contribution in [0.3, 0.4) is 0 Å². The highest BCUT2D eigenvalue weighted by molar-refractivity contribution is 6.27. The molecule has 0 saturated carbocycles. The molecule has 7 aromatic carbocycles. The smallest absolute Gasteiger partial charge is 0.0763 e. The number of aromatic nitrogens is 1. The van der Waals surface area contributed by atoms with E-state index in [9.17, 15) is 0 Å². The molecule has 0 unspecified atom stereocenters. The molecule has 1 aliphatic rings. The van der Waals surface area contributed by atoms with E-state index < -0.39 is 0 Å². The van der Waals surface area contributed by atoms with Crippen molar-refractivity contribution in [2.24, 2.45) is 0 Å². The molecule has 1 aromatic heterocycles. The number of rotatable bonds is 2. The second-order valence-electron chi connectivity index (χ2n) is 12.8. The van der Waals surface area contributed by atoms with Gasteiger partial charge in [-0.3, -0.25) is 0 Å². The summed E-state index contributed by atoms with van der Waals surface area (Å²) in [6, 6.07) is 45.2. The maximum Gasteiger partial charge on any atom is 0.0763 e. The highest BCUT2D eigenvalue weighted by Gasteiger charge is 2.43. The molecule has 0 amide bonds. The maximum atomic E-state index is 2.60. The van der Waals surface area contributed by atoms with E-state index in [0.717, 1.165) is 0 Å². The monoisotopic (exact) mass is 582 g/mol. The topological polar surface area (TPSA) is 8.17 Å². The molecule has 2 heteroatoms. The zero-order valence-electron chi connectivity index (χ0n) is 26.9. The summed E-state index contributed by atoms with van der Waals surface area (Å²) in [5, 5.41) is 9.19. The Morgan fingerprint density at radius 1 is 0.556 bits per heavy atom. The Kier molecular flexibility index (Phi) is 6.09. The quantitative estimate of drug-likeness (QED) is 0.184. The fourth-order valence-corrected chi connectivity index (χ4v) is 7.92. The van der Waals surface area contributed by atoms with Gasteiger partial charge in [0.15, 0.2) is 0 Å². The van der Waals surface area contributed by atoms with Gasteiger partial charge in [-0.05, 0) is 82.2 Å². The third kappa shape index (κ3) is 3.75. The van der Waals surface area contributed by atoms with Gasteiger partial charge in [0, 0.05) is 27.6 Å². The number of para-hydroxylation sites is 2. The van der Waals surface area contributed by atoms with Crippen LogP contribution in [0.1, 0.15) is 50.1 Å². The predicted molar refractivity (Wildman–Crippen MR) is 195 cm³/mol. The SMILES string of the molecule is CC.Cc1ccc(N2c3c(cc4ccc5cccc6ccc3c4c56)C(C)(C)c3c2c2ccccc2n3-c2ccccc2)c(C)c1. The molecule has 0 bridgehead atoms. The molecular weight excluding hydrogens is 544 g/mol. The number of hydrogen-bond acceptors (Lipinski definition) is 1. The molecular formula is C43H38N2. The molecule has 9 rings (SSSR count). The van der Waals surface area contributed by atoms with Crippen molar-refractivity contribution in [1.29, 1.82) is 0 Å². The normalized spacial score (nSPS) is 13.7. The molecule has 0 radical (unpaired) electrons. The van der Waals surface area contributed by atoms with E-state index in [0.29, 0.717) is 0 Å². The van der Waals surface area contributed by atoms with Crippen LogP contribution in [0.25, 0.3) is 48.9 Å². The number of anilines is 3. The summed E-state index contributed by atoms with van der Waals surface area (Å²) in [5.74, 6) is 0. The zero-order valence-corrected chi connectivity index (χ0v) is 26.9. The van der Waals surface area contributed by atoms with Crippen LogP contribution < -0.4 is 4.90 Å². The molecule has 220 valence electrons. The van der Waals surface area contributed by atoms with Crippen LogP contribution in [0.2, 0.25) is 0 Å². The van der Waals surface area contributed by atoms with Crippen molar-refractivity contribution in [2.75, 3.05) is 4.90 Å². The van der Waals surface area contributed by atoms with Crippen molar-refractivity contribution in [3.8, 4) is 5.69 Å². The summed E-state index contributed by atoms with van der Waals surface area (Å²) < 4.78 is 2.51. The van der Waals surface area contributed by atoms with Gasteiger partial charge in [-0.1, -0.05) is 124 Å². The predicted octanol–water partition coefficient (Wildman–Crippen LogP) is 12.3. The van der Waals surface area contributed by atoms with Crippen LogP contribution in [0.5, 0.6) is 0 Å². The summed E-state index contributed by atoms with van der Waals surface area (Å²) >= 11 is 0. The molecule has 0 atom stereocenters. The van der Waals surface area contributed by atoms with Crippen LogP contribution in [0.4, 0.5) is 17.1 Å². The molecule has 8 aromatic rings. The first kappa shape index (κ1) is 27.5. The summed E-state index contributed by atoms with van der Waals surface area (Å²) in [4.78, 5) is 2.60. The average Bonchev–Trinajstić information content (AvgIpc) is 3.42. The van der Waals surface area contributed by atoms with Crippen LogP contribution in [-0.4, -0.2) is 4.57 Å². The fourth-order valence-electron chi connectivity index (χ4n) is 7.92. The Labute approximate surface area is 265 Å². The van der Waals surface area contributed by atoms with Crippen molar-refractivity contribution in [3.63, 3.8) is 0 Å². The zero-order chi connectivity index (χ0) is 31.0. The van der Waals surface area contributed by atoms with Crippen molar-refractivity contribution in [2.45, 2.75) is 47.0 Å². The Morgan fingerprint density at radius 2 is 1.24 bits per heavy atom. The van der Waals surface area contributed by atoms with Crippen molar-refractivity contribution >= 4 is 60.3 Å². The number of fused-ring (bicyclic) bond motifs is 5. The van der Waals surface area contributed by atoms with Crippen LogP contribution in [0, 0.1) is 13.8 Å². The first-order valence-electron chi connectivity index (χ1n) is 16.2. The second-order valence-corrected chi connectivity index (χ2v) is 12.8. The van der Waals surface area contributed by atoms with Gasteiger partial charge in [-0.2, -0.15) is 0 Å². The Morgan fingerprint density at radius 3 is 2.00 bits per heavy atom. The van der Waals surface area contributed by atoms with Crippen LogP contribution >= 0.6 is 0 Å². The van der Waals surface area contributed by atoms with E-state index in [4.69, 9.17) is 0 Å². The highest BCUT2D eigenvalue weighted by Crippen LogP contribution is 2.59. The van der Waals surface area contributed by atoms with Gasteiger partial charge in [0.05, 0.1) is 22.6 Å². The van der Waals surface area contributed by atoms with Crippen molar-refractivity contribution in [3.05, 3.63) is 144 Å². The van der Waals surface area contributed by atoms with Crippen LogP contribution in [0.15, 0.2) is 121 Å². The Balaban J connectivity index is 0.00000147. The second kappa shape index (κ2) is 9.97. The lowest BCUT2D eigenvalue weighted by atomic mass is 9.74. The van der Waals surface area contributed by atoms with E-state index in [1.807, 2.05) is 13.8 Å². The van der Waals surface area contributed by atoms with Gasteiger partial charge < -0.3 is 9.47 Å². The Bertz CT molecular complexity index is 2370. The third-order valence-electron chi connectivity index (χ3n) is 9.79. The van der Waals surface area contributed by atoms with Crippen LogP contribution in [-0.2, 0) is 5.41 Å². The van der Waals surface area contributed by atoms with Crippen molar-refractivity contribution in [1.82, 2.24) is 4.57 Å². The molecule has 0 fully saturated rings. The summed E-state index contributed by atoms with van der Waals surface area (Å²) in [6.07, 6.45) is 0. The number of nitrogens with zero attached hydrogens (tertiary/aromatic N) is 2. The van der Waals surface area contributed by atoms with E-state index in [1.165, 1.54) is 88.4 Å². The van der Waals surface area contributed by atoms with Gasteiger partial charge in [0.2, 0.25) is 0 Å². The maximum absolute atomic E-state index is 2.60. The largest absolute Gasteiger partial charge is 0.311 e. The molecule has 2 heterocycles. The summed E-state index contributed by atoms with van der Waals surface area (Å²) in [5.41, 5.74) is 11.2. The van der Waals surface area contributed by atoms with E-state index in [-0.39, 0.29) is 5.41 Å². The summed E-state index contributed by atoms with van der Waals surface area (Å²) in [7, 11) is 0. The lowest BCUT2D eigenvalue weighted by Gasteiger charge is -2.43. The van der Waals surface area contributed by atoms with E-state index >= 15 is 0 Å². The molecule has 1 aliphatic heterocycles. The standard InChI is InChI=1S/C41H32N2.C2H6/c1-25-17-22-34(26(2)23-25)43-38-32-21-20-28-12-10-11-27-18-19-29(37(32)36(27)28)24-33(38)41(3,4)40-39(43)31-15-8-9-16-35(31)42(40)30-13-6-5-7-14-30;1-2/h5-24H,1-4H3;1-2H3. The minimum Gasteiger partial charge on any atom is -0.311 e. The van der Waals surface area contributed by atoms with Gasteiger partial charge in [-0.25, -0.2) is 0 Å². The average molecular weight is 583 g/mol. The highest BCUT2D eigenvalue weighted by atomic mass is 15.2. The Hall–Kier alpha value is -5.08. The first-order valence-corrected chi connectivity index (χ1v) is 16.2. The summed E-state index contributed by atoms with van der Waals surface area (Å²) in [6.45, 7) is 13.3. The minimum absolute atomic E-state index is 0.279. The molecule has 0 saturated heterocycles. The molecule has 2 nitrogen and oxygen atoms in total. The molecule has 45 heavy (non-hydrogen) atoms. The van der Waals surface area contributed by atoms with E-state index in [1.54, 1.807) is 0 Å². The number of benzene rings is 7. The van der Waals surface area contributed by atoms with E-state index in [2.05, 4.69) is 158 Å². The molecule has 0 aliphatic carbocycles. The minimum atomic E-state index is -0.279. The fraction of sp³-hybridized carbons (Fsp3) is 0.163. The lowest BCUT2D eigenvalue weighted by molar-refractivity contribution is 0.599. The molecule has 0 N–H and O–H groups in total. The van der Waals surface area contributed by atoms with Gasteiger partial charge in [0.1, 0.15) is 0 Å². The van der Waals surface area contributed by atoms with Crippen molar-refractivity contribution < 1.29 is 0 Å². The lowest BCUT2D eigenvalue weighted by Crippen LogP contribution is -2.32. The van der Waals surface area contributed by atoms with Gasteiger partial charge in [-0.15, -0.1) is 0 Å². The third-order valence-corrected chi connectivity index (χ3v) is 9.79. The first-order chi connectivity index (χ1) is 21.9. The molecule has 0 spiro atoms. The number of hydrogen-bond donors (Lipinski definition) is 0. The number of aryl methyl sites for hydroxylation is 2. The van der Waals surface area contributed by atoms with Gasteiger partial charge >= 0.3 is 0 Å².